The molecular formula is C21H22N2O3S. The second-order valence-electron chi connectivity index (χ2n) is 6.55. The van der Waals surface area contributed by atoms with E-state index in [1.54, 1.807) is 18.2 Å². The molecule has 0 heterocycles. The number of hydrogen-bond acceptors (Lipinski definition) is 3. The Morgan fingerprint density at radius 1 is 1.04 bits per heavy atom. The van der Waals surface area contributed by atoms with Crippen LogP contribution >= 0.6 is 0 Å². The molecule has 0 bridgehead atoms. The van der Waals surface area contributed by atoms with Crippen LogP contribution in [0, 0.1) is 6.92 Å². The molecule has 0 unspecified atom stereocenters. The van der Waals surface area contributed by atoms with E-state index in [-0.39, 0.29) is 5.91 Å². The van der Waals surface area contributed by atoms with Gasteiger partial charge in [-0.1, -0.05) is 48.5 Å². The third-order valence-electron chi connectivity index (χ3n) is 4.63. The number of nitrogens with zero attached hydrogens (tertiary/aromatic N) is 1. The highest BCUT2D eigenvalue weighted by Gasteiger charge is 2.16. The Hall–Kier alpha value is -2.86. The molecule has 3 aromatic rings. The topological polar surface area (TPSA) is 66.5 Å². The average molecular weight is 382 g/mol. The summed E-state index contributed by atoms with van der Waals surface area (Å²) in [6, 6.07) is 19.1. The van der Waals surface area contributed by atoms with Gasteiger partial charge >= 0.3 is 0 Å². The van der Waals surface area contributed by atoms with Crippen LogP contribution in [0.15, 0.2) is 60.7 Å². The van der Waals surface area contributed by atoms with Gasteiger partial charge in [-0.25, -0.2) is 8.42 Å². The van der Waals surface area contributed by atoms with Crippen molar-refractivity contribution in [1.29, 1.82) is 0 Å². The van der Waals surface area contributed by atoms with Crippen molar-refractivity contribution in [2.75, 3.05) is 17.6 Å². The molecule has 0 atom stereocenters. The van der Waals surface area contributed by atoms with Gasteiger partial charge in [0.1, 0.15) is 0 Å². The lowest BCUT2D eigenvalue weighted by Crippen LogP contribution is -2.27. The normalized spacial score (nSPS) is 11.4. The van der Waals surface area contributed by atoms with E-state index in [2.05, 4.69) is 5.32 Å². The second-order valence-corrected chi connectivity index (χ2v) is 8.57. The molecule has 1 N–H and O–H groups in total. The van der Waals surface area contributed by atoms with Crippen molar-refractivity contribution >= 4 is 32.4 Å². The molecule has 140 valence electrons. The number of fused-ring (bicyclic) bond motifs is 1. The number of sulfonamides is 1. The minimum absolute atomic E-state index is 0.244. The minimum atomic E-state index is -3.40. The van der Waals surface area contributed by atoms with Gasteiger partial charge in [-0.3, -0.25) is 9.10 Å². The molecule has 27 heavy (non-hydrogen) atoms. The predicted molar refractivity (Wildman–Crippen MR) is 110 cm³/mol. The zero-order chi connectivity index (χ0) is 19.6. The first kappa shape index (κ1) is 18.9. The smallest absolute Gasteiger partial charge is 0.251 e. The first-order chi connectivity index (χ1) is 12.8. The summed E-state index contributed by atoms with van der Waals surface area (Å²) in [6.45, 7) is 2.21. The van der Waals surface area contributed by atoms with Gasteiger partial charge in [0.05, 0.1) is 11.9 Å². The van der Waals surface area contributed by atoms with E-state index in [1.165, 1.54) is 11.4 Å². The standard InChI is InChI=1S/C21H22N2O3S/c1-15-11-12-17(13-20(15)23(2)27(3,25)26)21(24)22-14-18-9-6-8-16-7-4-5-10-19(16)18/h4-13H,14H2,1-3H3,(H,22,24). The Balaban J connectivity index is 1.82. The fourth-order valence-corrected chi connectivity index (χ4v) is 3.55. The maximum Gasteiger partial charge on any atom is 0.251 e. The number of carbonyl (C=O) groups excluding carboxylic acids is 1. The number of rotatable bonds is 5. The van der Waals surface area contributed by atoms with Crippen molar-refractivity contribution in [3.8, 4) is 0 Å². The van der Waals surface area contributed by atoms with Gasteiger partial charge in [-0.15, -0.1) is 0 Å². The van der Waals surface area contributed by atoms with Gasteiger partial charge in [0.2, 0.25) is 10.0 Å². The lowest BCUT2D eigenvalue weighted by atomic mass is 10.0. The number of nitrogens with one attached hydrogen (secondary N) is 1. The maximum absolute atomic E-state index is 12.6. The maximum atomic E-state index is 12.6. The van der Waals surface area contributed by atoms with Gasteiger partial charge in [0.25, 0.3) is 5.91 Å². The molecule has 3 aromatic carbocycles. The zero-order valence-corrected chi connectivity index (χ0v) is 16.4. The van der Waals surface area contributed by atoms with E-state index >= 15 is 0 Å². The lowest BCUT2D eigenvalue weighted by molar-refractivity contribution is 0.0951. The van der Waals surface area contributed by atoms with E-state index in [9.17, 15) is 13.2 Å². The Labute approximate surface area is 159 Å². The largest absolute Gasteiger partial charge is 0.348 e. The predicted octanol–water partition coefficient (Wildman–Crippen LogP) is 3.47. The summed E-state index contributed by atoms with van der Waals surface area (Å²) in [5, 5.41) is 5.15. The summed E-state index contributed by atoms with van der Waals surface area (Å²) in [5.74, 6) is -0.244. The van der Waals surface area contributed by atoms with Gasteiger partial charge in [-0.2, -0.15) is 0 Å². The van der Waals surface area contributed by atoms with Crippen LogP contribution < -0.4 is 9.62 Å². The second kappa shape index (κ2) is 7.40. The van der Waals surface area contributed by atoms with Crippen molar-refractivity contribution in [3.05, 3.63) is 77.4 Å². The van der Waals surface area contributed by atoms with Crippen LogP contribution in [0.5, 0.6) is 0 Å². The monoisotopic (exact) mass is 382 g/mol. The molecular weight excluding hydrogens is 360 g/mol. The molecule has 1 amide bonds. The molecule has 0 aliphatic carbocycles. The van der Waals surface area contributed by atoms with Crippen molar-refractivity contribution in [1.82, 2.24) is 5.32 Å². The van der Waals surface area contributed by atoms with E-state index < -0.39 is 10.0 Å². The molecule has 0 aliphatic heterocycles. The van der Waals surface area contributed by atoms with Crippen molar-refractivity contribution in [2.24, 2.45) is 0 Å². The summed E-state index contributed by atoms with van der Waals surface area (Å²) < 4.78 is 24.8. The number of carbonyl (C=O) groups is 1. The highest BCUT2D eigenvalue weighted by atomic mass is 32.2. The molecule has 3 rings (SSSR count). The Morgan fingerprint density at radius 3 is 2.48 bits per heavy atom. The van der Waals surface area contributed by atoms with Crippen LogP contribution in [0.4, 0.5) is 5.69 Å². The molecule has 0 aromatic heterocycles. The van der Waals surface area contributed by atoms with Crippen LogP contribution in [0.2, 0.25) is 0 Å². The van der Waals surface area contributed by atoms with E-state index in [1.807, 2.05) is 49.4 Å². The first-order valence-corrected chi connectivity index (χ1v) is 10.4. The quantitative estimate of drug-likeness (QED) is 0.735. The van der Waals surface area contributed by atoms with Crippen LogP contribution in [-0.2, 0) is 16.6 Å². The molecule has 0 aliphatic rings. The van der Waals surface area contributed by atoms with E-state index in [4.69, 9.17) is 0 Å². The van der Waals surface area contributed by atoms with Crippen LogP contribution in [0.25, 0.3) is 10.8 Å². The summed E-state index contributed by atoms with van der Waals surface area (Å²) >= 11 is 0. The molecule has 6 heteroatoms. The molecule has 0 spiro atoms. The Kier molecular flexibility index (Phi) is 5.19. The third kappa shape index (κ3) is 4.11. The van der Waals surface area contributed by atoms with Gasteiger partial charge in [-0.05, 0) is 41.0 Å². The summed E-state index contributed by atoms with van der Waals surface area (Å²) in [7, 11) is -1.92. The van der Waals surface area contributed by atoms with Crippen molar-refractivity contribution < 1.29 is 13.2 Å². The van der Waals surface area contributed by atoms with E-state index in [0.717, 1.165) is 28.2 Å². The van der Waals surface area contributed by atoms with Crippen LogP contribution in [-0.4, -0.2) is 27.6 Å². The van der Waals surface area contributed by atoms with Crippen LogP contribution in [0.3, 0.4) is 0 Å². The highest BCUT2D eigenvalue weighted by molar-refractivity contribution is 7.92. The highest BCUT2D eigenvalue weighted by Crippen LogP contribution is 2.23. The van der Waals surface area contributed by atoms with Gasteiger partial charge in [0, 0.05) is 19.2 Å². The molecule has 0 radical (unpaired) electrons. The van der Waals surface area contributed by atoms with Crippen molar-refractivity contribution in [3.63, 3.8) is 0 Å². The number of hydrogen-bond donors (Lipinski definition) is 1. The fourth-order valence-electron chi connectivity index (χ4n) is 2.99. The molecule has 0 saturated carbocycles. The SMILES string of the molecule is Cc1ccc(C(=O)NCc2cccc3ccccc23)cc1N(C)S(C)(=O)=O. The Bertz CT molecular complexity index is 1100. The fraction of sp³-hybridized carbons (Fsp3) is 0.190. The number of aryl methyl sites for hydroxylation is 1. The zero-order valence-electron chi connectivity index (χ0n) is 15.6. The number of amides is 1. The van der Waals surface area contributed by atoms with E-state index in [0.29, 0.717) is 17.8 Å². The summed E-state index contributed by atoms with van der Waals surface area (Å²) in [4.78, 5) is 12.6. The van der Waals surface area contributed by atoms with Crippen LogP contribution in [0.1, 0.15) is 21.5 Å². The number of anilines is 1. The lowest BCUT2D eigenvalue weighted by Gasteiger charge is -2.19. The Morgan fingerprint density at radius 2 is 1.74 bits per heavy atom. The molecule has 0 fully saturated rings. The first-order valence-electron chi connectivity index (χ1n) is 8.57. The molecule has 0 saturated heterocycles. The average Bonchev–Trinajstić information content (AvgIpc) is 2.65. The summed E-state index contributed by atoms with van der Waals surface area (Å²) in [6.07, 6.45) is 1.14. The third-order valence-corrected chi connectivity index (χ3v) is 5.82. The van der Waals surface area contributed by atoms with Crippen molar-refractivity contribution in [2.45, 2.75) is 13.5 Å². The minimum Gasteiger partial charge on any atom is -0.348 e. The number of benzene rings is 3. The summed E-state index contributed by atoms with van der Waals surface area (Å²) in [5.41, 5.74) is 2.73. The molecule has 5 nitrogen and oxygen atoms in total. The van der Waals surface area contributed by atoms with Gasteiger partial charge < -0.3 is 5.32 Å². The van der Waals surface area contributed by atoms with Gasteiger partial charge in [0.15, 0.2) is 0 Å².